The number of anilines is 1. The Bertz CT molecular complexity index is 766. The molecule has 0 spiro atoms. The van der Waals surface area contributed by atoms with Gasteiger partial charge < -0.3 is 14.5 Å². The van der Waals surface area contributed by atoms with Gasteiger partial charge in [-0.15, -0.1) is 0 Å². The number of hydrogen-bond donors (Lipinski definition) is 0. The van der Waals surface area contributed by atoms with Gasteiger partial charge in [-0.25, -0.2) is 4.68 Å². The van der Waals surface area contributed by atoms with Crippen molar-refractivity contribution < 1.29 is 9.53 Å². The summed E-state index contributed by atoms with van der Waals surface area (Å²) >= 11 is 6.01. The van der Waals surface area contributed by atoms with Crippen LogP contribution >= 0.6 is 11.6 Å². The molecule has 2 fully saturated rings. The van der Waals surface area contributed by atoms with Gasteiger partial charge in [0.25, 0.3) is 0 Å². The Kier molecular flexibility index (Phi) is 5.08. The third-order valence-corrected chi connectivity index (χ3v) is 5.28. The lowest BCUT2D eigenvalue weighted by atomic mass is 9.94. The summed E-state index contributed by atoms with van der Waals surface area (Å²) in [5.74, 6) is 0.377. The molecule has 0 aliphatic carbocycles. The van der Waals surface area contributed by atoms with Gasteiger partial charge in [-0.05, 0) is 18.9 Å². The van der Waals surface area contributed by atoms with Crippen LogP contribution in [0.15, 0.2) is 30.9 Å². The van der Waals surface area contributed by atoms with E-state index in [1.54, 1.807) is 23.3 Å². The van der Waals surface area contributed by atoms with Crippen LogP contribution in [0.5, 0.6) is 0 Å². The molecular weight excluding hydrogens is 354 g/mol. The normalized spacial score (nSPS) is 19.0. The SMILES string of the molecule is O=C(C1CCN(c2cnccc2-n2cc(Cl)cn2)CC1)N1CCOCC1. The summed E-state index contributed by atoms with van der Waals surface area (Å²) in [6.45, 7) is 4.38. The molecule has 2 saturated heterocycles. The van der Waals surface area contributed by atoms with Crippen molar-refractivity contribution in [2.75, 3.05) is 44.3 Å². The van der Waals surface area contributed by atoms with Gasteiger partial charge in [0.2, 0.25) is 5.91 Å². The first-order valence-corrected chi connectivity index (χ1v) is 9.36. The van der Waals surface area contributed by atoms with Crippen LogP contribution in [0.2, 0.25) is 5.02 Å². The molecule has 26 heavy (non-hydrogen) atoms. The van der Waals surface area contributed by atoms with Crippen LogP contribution in [0.25, 0.3) is 5.69 Å². The van der Waals surface area contributed by atoms with Gasteiger partial charge in [-0.1, -0.05) is 11.6 Å². The number of halogens is 1. The van der Waals surface area contributed by atoms with Crippen molar-refractivity contribution in [3.63, 3.8) is 0 Å². The largest absolute Gasteiger partial charge is 0.378 e. The number of amides is 1. The number of ether oxygens (including phenoxy) is 1. The van der Waals surface area contributed by atoms with E-state index >= 15 is 0 Å². The highest BCUT2D eigenvalue weighted by Crippen LogP contribution is 2.29. The Labute approximate surface area is 157 Å². The minimum atomic E-state index is 0.101. The molecular formula is C18H22ClN5O2. The van der Waals surface area contributed by atoms with Crippen LogP contribution in [0.3, 0.4) is 0 Å². The van der Waals surface area contributed by atoms with Crippen molar-refractivity contribution in [2.24, 2.45) is 5.92 Å². The molecule has 0 atom stereocenters. The number of nitrogens with zero attached hydrogens (tertiary/aromatic N) is 5. The number of aromatic nitrogens is 3. The zero-order valence-corrected chi connectivity index (χ0v) is 15.3. The highest BCUT2D eigenvalue weighted by atomic mass is 35.5. The molecule has 2 aromatic rings. The highest BCUT2D eigenvalue weighted by molar-refractivity contribution is 6.30. The molecule has 2 aliphatic heterocycles. The lowest BCUT2D eigenvalue weighted by Gasteiger charge is -2.36. The van der Waals surface area contributed by atoms with Crippen LogP contribution in [-0.2, 0) is 9.53 Å². The molecule has 8 heteroatoms. The van der Waals surface area contributed by atoms with Crippen LogP contribution in [0.4, 0.5) is 5.69 Å². The fourth-order valence-corrected chi connectivity index (χ4v) is 3.79. The predicted molar refractivity (Wildman–Crippen MR) is 98.7 cm³/mol. The Balaban J connectivity index is 1.44. The van der Waals surface area contributed by atoms with Gasteiger partial charge in [-0.3, -0.25) is 9.78 Å². The first-order chi connectivity index (χ1) is 12.7. The summed E-state index contributed by atoms with van der Waals surface area (Å²) < 4.78 is 7.11. The number of pyridine rings is 1. The first kappa shape index (κ1) is 17.3. The summed E-state index contributed by atoms with van der Waals surface area (Å²) in [4.78, 5) is 21.2. The summed E-state index contributed by atoms with van der Waals surface area (Å²) in [6.07, 6.45) is 8.72. The summed E-state index contributed by atoms with van der Waals surface area (Å²) in [5.41, 5.74) is 1.97. The van der Waals surface area contributed by atoms with Crippen LogP contribution in [0.1, 0.15) is 12.8 Å². The monoisotopic (exact) mass is 375 g/mol. The van der Waals surface area contributed by atoms with Crippen LogP contribution < -0.4 is 4.90 Å². The number of carbonyl (C=O) groups is 1. The van der Waals surface area contributed by atoms with Crippen molar-refractivity contribution in [2.45, 2.75) is 12.8 Å². The molecule has 0 radical (unpaired) electrons. The van der Waals surface area contributed by atoms with Gasteiger partial charge in [0.05, 0.1) is 42.0 Å². The van der Waals surface area contributed by atoms with Gasteiger partial charge in [0.1, 0.15) is 0 Å². The molecule has 0 saturated carbocycles. The standard InChI is InChI=1S/C18H22ClN5O2/c19-15-11-21-24(13-15)16-1-4-20-12-17(16)22-5-2-14(3-6-22)18(25)23-7-9-26-10-8-23/h1,4,11-14H,2-3,5-10H2. The van der Waals surface area contributed by atoms with Crippen molar-refractivity contribution >= 4 is 23.2 Å². The minimum absolute atomic E-state index is 0.101. The van der Waals surface area contributed by atoms with Gasteiger partial charge in [0.15, 0.2) is 0 Å². The van der Waals surface area contributed by atoms with Crippen LogP contribution in [-0.4, -0.2) is 65.0 Å². The molecule has 0 bridgehead atoms. The van der Waals surface area contributed by atoms with E-state index in [4.69, 9.17) is 16.3 Å². The average Bonchev–Trinajstić information content (AvgIpc) is 3.14. The molecule has 2 aliphatic rings. The second-order valence-electron chi connectivity index (χ2n) is 6.67. The van der Waals surface area contributed by atoms with Crippen molar-refractivity contribution in [1.29, 1.82) is 0 Å². The van der Waals surface area contributed by atoms with Crippen LogP contribution in [0, 0.1) is 5.92 Å². The molecule has 4 heterocycles. The van der Waals surface area contributed by atoms with Crippen molar-refractivity contribution in [1.82, 2.24) is 19.7 Å². The summed E-state index contributed by atoms with van der Waals surface area (Å²) in [6, 6.07) is 1.93. The molecule has 7 nitrogen and oxygen atoms in total. The third kappa shape index (κ3) is 3.54. The Morgan fingerprint density at radius 2 is 1.88 bits per heavy atom. The Morgan fingerprint density at radius 3 is 2.58 bits per heavy atom. The maximum atomic E-state index is 12.7. The second kappa shape index (κ2) is 7.63. The van der Waals surface area contributed by atoms with E-state index in [1.807, 2.05) is 17.2 Å². The van der Waals surface area contributed by atoms with E-state index in [9.17, 15) is 4.79 Å². The Hall–Kier alpha value is -2.12. The van der Waals surface area contributed by atoms with E-state index in [-0.39, 0.29) is 11.8 Å². The molecule has 0 unspecified atom stereocenters. The predicted octanol–water partition coefficient (Wildman–Crippen LogP) is 2.00. The lowest BCUT2D eigenvalue weighted by molar-refractivity contribution is -0.140. The van der Waals surface area contributed by atoms with E-state index in [0.29, 0.717) is 31.3 Å². The van der Waals surface area contributed by atoms with Crippen molar-refractivity contribution in [3.05, 3.63) is 35.9 Å². The average molecular weight is 376 g/mol. The van der Waals surface area contributed by atoms with E-state index < -0.39 is 0 Å². The van der Waals surface area contributed by atoms with E-state index in [2.05, 4.69) is 15.0 Å². The quantitative estimate of drug-likeness (QED) is 0.821. The number of carbonyl (C=O) groups excluding carboxylic acids is 1. The van der Waals surface area contributed by atoms with E-state index in [1.165, 1.54) is 0 Å². The minimum Gasteiger partial charge on any atom is -0.378 e. The van der Waals surface area contributed by atoms with Crippen molar-refractivity contribution in [3.8, 4) is 5.69 Å². The zero-order chi connectivity index (χ0) is 17.9. The summed E-state index contributed by atoms with van der Waals surface area (Å²) in [7, 11) is 0. The lowest BCUT2D eigenvalue weighted by Crippen LogP contribution is -2.47. The zero-order valence-electron chi connectivity index (χ0n) is 14.6. The summed E-state index contributed by atoms with van der Waals surface area (Å²) in [5, 5.41) is 4.90. The smallest absolute Gasteiger partial charge is 0.225 e. The maximum Gasteiger partial charge on any atom is 0.225 e. The fourth-order valence-electron chi connectivity index (χ4n) is 3.66. The van der Waals surface area contributed by atoms with E-state index in [0.717, 1.165) is 37.3 Å². The van der Waals surface area contributed by atoms with Gasteiger partial charge in [-0.2, -0.15) is 5.10 Å². The molecule has 138 valence electrons. The topological polar surface area (TPSA) is 63.5 Å². The molecule has 4 rings (SSSR count). The molecule has 0 N–H and O–H groups in total. The third-order valence-electron chi connectivity index (χ3n) is 5.08. The number of morpholine rings is 1. The maximum absolute atomic E-state index is 12.7. The Morgan fingerprint density at radius 1 is 1.12 bits per heavy atom. The molecule has 2 aromatic heterocycles. The number of rotatable bonds is 3. The van der Waals surface area contributed by atoms with Gasteiger partial charge in [0, 0.05) is 44.5 Å². The first-order valence-electron chi connectivity index (χ1n) is 8.98. The molecule has 1 amide bonds. The number of hydrogen-bond acceptors (Lipinski definition) is 5. The number of piperidine rings is 1. The second-order valence-corrected chi connectivity index (χ2v) is 7.10. The fraction of sp³-hybridized carbons (Fsp3) is 0.500. The molecule has 0 aromatic carbocycles. The highest BCUT2D eigenvalue weighted by Gasteiger charge is 2.30. The van der Waals surface area contributed by atoms with Gasteiger partial charge >= 0.3 is 0 Å².